The molecule has 0 aromatic carbocycles. The molecule has 0 aliphatic carbocycles. The van der Waals surface area contributed by atoms with E-state index >= 15 is 0 Å². The van der Waals surface area contributed by atoms with Gasteiger partial charge in [0.2, 0.25) is 0 Å². The second-order valence-electron chi connectivity index (χ2n) is 4.61. The zero-order chi connectivity index (χ0) is 13.4. The molecule has 2 aromatic rings. The number of carbonyl (C=O) groups is 2. The molecule has 1 saturated heterocycles. The Morgan fingerprint density at radius 1 is 1.37 bits per heavy atom. The van der Waals surface area contributed by atoms with Crippen molar-refractivity contribution in [2.24, 2.45) is 0 Å². The lowest BCUT2D eigenvalue weighted by atomic mass is 10.2. The van der Waals surface area contributed by atoms with Gasteiger partial charge in [-0.05, 0) is 25.0 Å². The Hall–Kier alpha value is -2.37. The van der Waals surface area contributed by atoms with Crippen molar-refractivity contribution < 1.29 is 14.7 Å². The quantitative estimate of drug-likeness (QED) is 0.873. The Kier molecular flexibility index (Phi) is 2.70. The van der Waals surface area contributed by atoms with Crippen LogP contribution in [0.15, 0.2) is 30.7 Å². The smallest absolute Gasteiger partial charge is 0.326 e. The molecule has 3 heterocycles. The van der Waals surface area contributed by atoms with E-state index < -0.39 is 12.0 Å². The van der Waals surface area contributed by atoms with E-state index in [0.717, 1.165) is 12.1 Å². The van der Waals surface area contributed by atoms with Gasteiger partial charge in [0, 0.05) is 25.1 Å². The summed E-state index contributed by atoms with van der Waals surface area (Å²) in [5.41, 5.74) is 1.24. The first kappa shape index (κ1) is 11.7. The summed E-state index contributed by atoms with van der Waals surface area (Å²) >= 11 is 0. The monoisotopic (exact) mass is 259 g/mol. The highest BCUT2D eigenvalue weighted by atomic mass is 16.4. The van der Waals surface area contributed by atoms with Crippen LogP contribution in [0.2, 0.25) is 0 Å². The van der Waals surface area contributed by atoms with E-state index in [9.17, 15) is 9.59 Å². The molecule has 6 nitrogen and oxygen atoms in total. The van der Waals surface area contributed by atoms with E-state index in [1.807, 2.05) is 0 Å². The number of fused-ring (bicyclic) bond motifs is 1. The minimum absolute atomic E-state index is 0.236. The first-order valence-electron chi connectivity index (χ1n) is 6.13. The Balaban J connectivity index is 1.92. The molecule has 6 heteroatoms. The van der Waals surface area contributed by atoms with Crippen LogP contribution in [-0.4, -0.2) is 43.9 Å². The summed E-state index contributed by atoms with van der Waals surface area (Å²) in [7, 11) is 0. The van der Waals surface area contributed by atoms with Gasteiger partial charge in [-0.3, -0.25) is 4.79 Å². The molecule has 1 fully saturated rings. The first-order chi connectivity index (χ1) is 9.16. The third-order valence-electron chi connectivity index (χ3n) is 3.43. The van der Waals surface area contributed by atoms with Gasteiger partial charge in [0.25, 0.3) is 5.91 Å². The molecule has 0 radical (unpaired) electrons. The zero-order valence-corrected chi connectivity index (χ0v) is 10.2. The number of imidazole rings is 1. The molecule has 0 saturated carbocycles. The fourth-order valence-corrected chi connectivity index (χ4v) is 2.48. The second kappa shape index (κ2) is 4.38. The number of carboxylic acid groups (broad SMARTS) is 1. The summed E-state index contributed by atoms with van der Waals surface area (Å²) in [4.78, 5) is 29.0. The number of amides is 1. The van der Waals surface area contributed by atoms with Crippen LogP contribution in [0, 0.1) is 0 Å². The van der Waals surface area contributed by atoms with E-state index in [1.54, 1.807) is 35.1 Å². The highest BCUT2D eigenvalue weighted by molar-refractivity contribution is 5.97. The Morgan fingerprint density at radius 2 is 2.21 bits per heavy atom. The van der Waals surface area contributed by atoms with Crippen molar-refractivity contribution in [2.45, 2.75) is 18.9 Å². The highest BCUT2D eigenvalue weighted by Gasteiger charge is 2.34. The van der Waals surface area contributed by atoms with E-state index in [1.165, 1.54) is 4.90 Å². The summed E-state index contributed by atoms with van der Waals surface area (Å²) in [6.07, 6.45) is 6.34. The molecule has 1 N–H and O–H groups in total. The topological polar surface area (TPSA) is 74.9 Å². The van der Waals surface area contributed by atoms with Crippen LogP contribution in [0.5, 0.6) is 0 Å². The van der Waals surface area contributed by atoms with Crippen molar-refractivity contribution >= 4 is 17.5 Å². The van der Waals surface area contributed by atoms with Gasteiger partial charge in [0.1, 0.15) is 11.7 Å². The van der Waals surface area contributed by atoms with Gasteiger partial charge in [-0.25, -0.2) is 9.78 Å². The van der Waals surface area contributed by atoms with Crippen LogP contribution in [0.3, 0.4) is 0 Å². The molecular weight excluding hydrogens is 246 g/mol. The summed E-state index contributed by atoms with van der Waals surface area (Å²) in [5, 5.41) is 9.11. The number of aliphatic carboxylic acids is 1. The Labute approximate surface area is 109 Å². The molecule has 1 atom stereocenters. The average molecular weight is 259 g/mol. The molecule has 0 spiro atoms. The standard InChI is InChI=1S/C13H13N3O3/c17-12(16-6-1-2-10(16)13(18)19)9-3-4-11-14-5-7-15(11)8-9/h3-5,7-8,10H,1-2,6H2,(H,18,19). The normalized spacial score (nSPS) is 18.9. The van der Waals surface area contributed by atoms with Gasteiger partial charge in [0.15, 0.2) is 0 Å². The third-order valence-corrected chi connectivity index (χ3v) is 3.43. The molecular formula is C13H13N3O3. The Morgan fingerprint density at radius 3 is 3.00 bits per heavy atom. The van der Waals surface area contributed by atoms with E-state index in [2.05, 4.69) is 4.98 Å². The summed E-state index contributed by atoms with van der Waals surface area (Å²) < 4.78 is 1.75. The highest BCUT2D eigenvalue weighted by Crippen LogP contribution is 2.20. The van der Waals surface area contributed by atoms with Crippen LogP contribution < -0.4 is 0 Å². The largest absolute Gasteiger partial charge is 0.480 e. The summed E-state index contributed by atoms with van der Waals surface area (Å²) in [5.74, 6) is -1.17. The van der Waals surface area contributed by atoms with Crippen molar-refractivity contribution in [1.82, 2.24) is 14.3 Å². The summed E-state index contributed by atoms with van der Waals surface area (Å²) in [6, 6.07) is 2.73. The van der Waals surface area contributed by atoms with Crippen LogP contribution >= 0.6 is 0 Å². The minimum Gasteiger partial charge on any atom is -0.480 e. The lowest BCUT2D eigenvalue weighted by Gasteiger charge is -2.21. The molecule has 19 heavy (non-hydrogen) atoms. The zero-order valence-electron chi connectivity index (χ0n) is 10.2. The number of nitrogens with zero attached hydrogens (tertiary/aromatic N) is 3. The number of carboxylic acids is 1. The van der Waals surface area contributed by atoms with Gasteiger partial charge in [-0.15, -0.1) is 0 Å². The molecule has 1 aliphatic rings. The van der Waals surface area contributed by atoms with Crippen LogP contribution in [0.4, 0.5) is 0 Å². The van der Waals surface area contributed by atoms with Gasteiger partial charge in [0.05, 0.1) is 5.56 Å². The van der Waals surface area contributed by atoms with Crippen molar-refractivity contribution in [3.05, 3.63) is 36.3 Å². The number of rotatable bonds is 2. The molecule has 1 amide bonds. The minimum atomic E-state index is -0.936. The number of hydrogen-bond acceptors (Lipinski definition) is 3. The maximum Gasteiger partial charge on any atom is 0.326 e. The predicted molar refractivity (Wildman–Crippen MR) is 66.9 cm³/mol. The molecule has 0 bridgehead atoms. The van der Waals surface area contributed by atoms with Crippen molar-refractivity contribution in [3.8, 4) is 0 Å². The van der Waals surface area contributed by atoms with Crippen molar-refractivity contribution in [3.63, 3.8) is 0 Å². The Bertz CT molecular complexity index is 649. The number of pyridine rings is 1. The average Bonchev–Trinajstić information content (AvgIpc) is 3.05. The van der Waals surface area contributed by atoms with E-state index in [-0.39, 0.29) is 5.91 Å². The SMILES string of the molecule is O=C(O)C1CCCN1C(=O)c1ccc2nccn2c1. The van der Waals surface area contributed by atoms with Crippen molar-refractivity contribution in [1.29, 1.82) is 0 Å². The lowest BCUT2D eigenvalue weighted by Crippen LogP contribution is -2.40. The second-order valence-corrected chi connectivity index (χ2v) is 4.61. The van der Waals surface area contributed by atoms with Gasteiger partial charge in [-0.2, -0.15) is 0 Å². The third kappa shape index (κ3) is 1.95. The number of aromatic nitrogens is 2. The van der Waals surface area contributed by atoms with Crippen LogP contribution in [-0.2, 0) is 4.79 Å². The van der Waals surface area contributed by atoms with Gasteiger partial charge < -0.3 is 14.4 Å². The van der Waals surface area contributed by atoms with Crippen molar-refractivity contribution in [2.75, 3.05) is 6.54 Å². The first-order valence-corrected chi connectivity index (χ1v) is 6.13. The number of carbonyl (C=O) groups excluding carboxylic acids is 1. The van der Waals surface area contributed by atoms with Crippen LogP contribution in [0.25, 0.3) is 5.65 Å². The summed E-state index contributed by atoms with van der Waals surface area (Å²) in [6.45, 7) is 0.498. The number of likely N-dealkylation sites (tertiary alicyclic amines) is 1. The molecule has 2 aromatic heterocycles. The predicted octanol–water partition coefficient (Wildman–Crippen LogP) is 1.02. The van der Waals surface area contributed by atoms with Crippen LogP contribution in [0.1, 0.15) is 23.2 Å². The molecule has 98 valence electrons. The number of hydrogen-bond donors (Lipinski definition) is 1. The fraction of sp³-hybridized carbons (Fsp3) is 0.308. The van der Waals surface area contributed by atoms with Gasteiger partial charge in [-0.1, -0.05) is 0 Å². The maximum absolute atomic E-state index is 12.4. The van der Waals surface area contributed by atoms with Gasteiger partial charge >= 0.3 is 5.97 Å². The van der Waals surface area contributed by atoms with E-state index in [4.69, 9.17) is 5.11 Å². The maximum atomic E-state index is 12.4. The molecule has 1 aliphatic heterocycles. The fourth-order valence-electron chi connectivity index (χ4n) is 2.48. The molecule has 3 rings (SSSR count). The lowest BCUT2D eigenvalue weighted by molar-refractivity contribution is -0.141. The molecule has 1 unspecified atom stereocenters. The van der Waals surface area contributed by atoms with E-state index in [0.29, 0.717) is 18.5 Å².